The van der Waals surface area contributed by atoms with Gasteiger partial charge in [-0.25, -0.2) is 0 Å². The van der Waals surface area contributed by atoms with Crippen LogP contribution < -0.4 is 5.32 Å². The largest absolute Gasteiger partial charge is 0.378 e. The molecule has 1 unspecified atom stereocenters. The Morgan fingerprint density at radius 3 is 2.75 bits per heavy atom. The molecule has 0 aromatic rings. The number of ether oxygens (including phenoxy) is 1. The predicted molar refractivity (Wildman–Crippen MR) is 49.1 cm³/mol. The molecule has 70 valence electrons. The van der Waals surface area contributed by atoms with Gasteiger partial charge in [-0.05, 0) is 51.1 Å². The second-order valence-corrected chi connectivity index (χ2v) is 4.06. The highest BCUT2D eigenvalue weighted by Gasteiger charge is 2.36. The molecule has 1 saturated heterocycles. The third-order valence-electron chi connectivity index (χ3n) is 3.30. The van der Waals surface area contributed by atoms with Crippen molar-refractivity contribution in [2.45, 2.75) is 32.3 Å². The number of nitrogens with one attached hydrogen (secondary N) is 1. The molecule has 0 aromatic carbocycles. The molecule has 2 rings (SSSR count). The van der Waals surface area contributed by atoms with Crippen LogP contribution in [0.4, 0.5) is 0 Å². The molecule has 2 heteroatoms. The van der Waals surface area contributed by atoms with Crippen molar-refractivity contribution in [3.63, 3.8) is 0 Å². The molecule has 0 radical (unpaired) electrons. The maximum Gasteiger partial charge on any atom is 0.0580 e. The highest BCUT2D eigenvalue weighted by atomic mass is 16.5. The van der Waals surface area contributed by atoms with Gasteiger partial charge >= 0.3 is 0 Å². The van der Waals surface area contributed by atoms with Crippen LogP contribution in [0.2, 0.25) is 0 Å². The molecule has 1 aliphatic carbocycles. The maximum absolute atomic E-state index is 5.55. The van der Waals surface area contributed by atoms with E-state index in [9.17, 15) is 0 Å². The van der Waals surface area contributed by atoms with Crippen molar-refractivity contribution in [1.29, 1.82) is 0 Å². The molecule has 2 aliphatic rings. The van der Waals surface area contributed by atoms with Gasteiger partial charge in [-0.1, -0.05) is 0 Å². The first-order valence-corrected chi connectivity index (χ1v) is 5.22. The second-order valence-electron chi connectivity index (χ2n) is 4.06. The Labute approximate surface area is 74.7 Å². The maximum atomic E-state index is 5.55. The summed E-state index contributed by atoms with van der Waals surface area (Å²) in [5, 5.41) is 3.43. The van der Waals surface area contributed by atoms with E-state index in [1.54, 1.807) is 0 Å². The standard InChI is InChI=1S/C10H19NO/c1-2-12-10-5-9(6-10)8-3-4-11-7-8/h8-11H,2-7H2,1H3. The van der Waals surface area contributed by atoms with Crippen molar-refractivity contribution in [3.05, 3.63) is 0 Å². The number of hydrogen-bond acceptors (Lipinski definition) is 2. The number of rotatable bonds is 3. The highest BCUT2D eigenvalue weighted by Crippen LogP contribution is 2.38. The van der Waals surface area contributed by atoms with E-state index in [1.165, 1.54) is 32.4 Å². The summed E-state index contributed by atoms with van der Waals surface area (Å²) in [4.78, 5) is 0. The van der Waals surface area contributed by atoms with E-state index >= 15 is 0 Å². The number of hydrogen-bond donors (Lipinski definition) is 1. The molecule has 1 N–H and O–H groups in total. The average Bonchev–Trinajstić information content (AvgIpc) is 2.47. The molecular weight excluding hydrogens is 150 g/mol. The Hall–Kier alpha value is -0.0800. The summed E-state index contributed by atoms with van der Waals surface area (Å²) in [5.74, 6) is 1.93. The lowest BCUT2D eigenvalue weighted by Crippen LogP contribution is -2.36. The quantitative estimate of drug-likeness (QED) is 0.689. The van der Waals surface area contributed by atoms with E-state index in [2.05, 4.69) is 12.2 Å². The first-order valence-electron chi connectivity index (χ1n) is 5.22. The minimum Gasteiger partial charge on any atom is -0.378 e. The second kappa shape index (κ2) is 3.75. The van der Waals surface area contributed by atoms with E-state index < -0.39 is 0 Å². The van der Waals surface area contributed by atoms with Crippen LogP contribution in [0, 0.1) is 11.8 Å². The Kier molecular flexibility index (Phi) is 2.66. The fourth-order valence-electron chi connectivity index (χ4n) is 2.44. The predicted octanol–water partition coefficient (Wildman–Crippen LogP) is 1.41. The van der Waals surface area contributed by atoms with Crippen molar-refractivity contribution in [2.75, 3.05) is 19.7 Å². The monoisotopic (exact) mass is 169 g/mol. The van der Waals surface area contributed by atoms with Gasteiger partial charge in [0.1, 0.15) is 0 Å². The lowest BCUT2D eigenvalue weighted by molar-refractivity contribution is -0.0395. The van der Waals surface area contributed by atoms with Crippen LogP contribution in [-0.2, 0) is 4.74 Å². The summed E-state index contributed by atoms with van der Waals surface area (Å²) in [6.45, 7) is 5.47. The normalized spacial score (nSPS) is 41.2. The van der Waals surface area contributed by atoms with Crippen LogP contribution in [0.3, 0.4) is 0 Å². The van der Waals surface area contributed by atoms with Crippen LogP contribution in [0.25, 0.3) is 0 Å². The SMILES string of the molecule is CCOC1CC(C2CCNC2)C1. The summed E-state index contributed by atoms with van der Waals surface area (Å²) in [5.41, 5.74) is 0. The zero-order valence-electron chi connectivity index (χ0n) is 7.88. The molecule has 0 amide bonds. The van der Waals surface area contributed by atoms with Crippen molar-refractivity contribution in [2.24, 2.45) is 11.8 Å². The van der Waals surface area contributed by atoms with Crippen molar-refractivity contribution >= 4 is 0 Å². The fourth-order valence-corrected chi connectivity index (χ4v) is 2.44. The first kappa shape index (κ1) is 8.52. The van der Waals surface area contributed by atoms with E-state index in [-0.39, 0.29) is 0 Å². The Morgan fingerprint density at radius 2 is 2.17 bits per heavy atom. The van der Waals surface area contributed by atoms with Gasteiger partial charge in [0.25, 0.3) is 0 Å². The van der Waals surface area contributed by atoms with Gasteiger partial charge in [0.15, 0.2) is 0 Å². The molecule has 1 heterocycles. The third kappa shape index (κ3) is 1.64. The van der Waals surface area contributed by atoms with E-state index in [1.807, 2.05) is 0 Å². The molecule has 0 bridgehead atoms. The molecular formula is C10H19NO. The van der Waals surface area contributed by atoms with Gasteiger partial charge in [0.2, 0.25) is 0 Å². The molecule has 1 saturated carbocycles. The van der Waals surface area contributed by atoms with Crippen LogP contribution in [0.1, 0.15) is 26.2 Å². The minimum absolute atomic E-state index is 0.598. The van der Waals surface area contributed by atoms with Gasteiger partial charge < -0.3 is 10.1 Å². The Balaban J connectivity index is 1.66. The molecule has 1 aliphatic heterocycles. The van der Waals surface area contributed by atoms with Gasteiger partial charge in [-0.3, -0.25) is 0 Å². The van der Waals surface area contributed by atoms with E-state index in [0.29, 0.717) is 6.10 Å². The Morgan fingerprint density at radius 1 is 1.33 bits per heavy atom. The summed E-state index contributed by atoms with van der Waals surface area (Å²) in [6, 6.07) is 0. The van der Waals surface area contributed by atoms with Gasteiger partial charge in [0.05, 0.1) is 6.10 Å². The fraction of sp³-hybridized carbons (Fsp3) is 1.00. The van der Waals surface area contributed by atoms with Crippen LogP contribution >= 0.6 is 0 Å². The van der Waals surface area contributed by atoms with E-state index in [4.69, 9.17) is 4.74 Å². The Bertz CT molecular complexity index is 137. The lowest BCUT2D eigenvalue weighted by Gasteiger charge is -2.38. The molecule has 0 spiro atoms. The van der Waals surface area contributed by atoms with Crippen molar-refractivity contribution in [3.8, 4) is 0 Å². The van der Waals surface area contributed by atoms with Crippen molar-refractivity contribution < 1.29 is 4.74 Å². The smallest absolute Gasteiger partial charge is 0.0580 e. The molecule has 2 nitrogen and oxygen atoms in total. The van der Waals surface area contributed by atoms with Crippen molar-refractivity contribution in [1.82, 2.24) is 5.32 Å². The van der Waals surface area contributed by atoms with Gasteiger partial charge in [-0.15, -0.1) is 0 Å². The van der Waals surface area contributed by atoms with Gasteiger partial charge in [0, 0.05) is 6.61 Å². The highest BCUT2D eigenvalue weighted by molar-refractivity contribution is 4.88. The minimum atomic E-state index is 0.598. The first-order chi connectivity index (χ1) is 5.90. The summed E-state index contributed by atoms with van der Waals surface area (Å²) < 4.78 is 5.55. The van der Waals surface area contributed by atoms with Crippen LogP contribution in [-0.4, -0.2) is 25.8 Å². The molecule has 1 atom stereocenters. The average molecular weight is 169 g/mol. The van der Waals surface area contributed by atoms with Crippen LogP contribution in [0.15, 0.2) is 0 Å². The van der Waals surface area contributed by atoms with Crippen LogP contribution in [0.5, 0.6) is 0 Å². The summed E-state index contributed by atoms with van der Waals surface area (Å²) in [6.07, 6.45) is 4.63. The zero-order valence-corrected chi connectivity index (χ0v) is 7.88. The molecule has 0 aromatic heterocycles. The van der Waals surface area contributed by atoms with E-state index in [0.717, 1.165) is 18.4 Å². The van der Waals surface area contributed by atoms with Gasteiger partial charge in [-0.2, -0.15) is 0 Å². The molecule has 2 fully saturated rings. The topological polar surface area (TPSA) is 21.3 Å². The molecule has 12 heavy (non-hydrogen) atoms. The summed E-state index contributed by atoms with van der Waals surface area (Å²) >= 11 is 0. The third-order valence-corrected chi connectivity index (χ3v) is 3.30. The zero-order chi connectivity index (χ0) is 8.39. The summed E-state index contributed by atoms with van der Waals surface area (Å²) in [7, 11) is 0. The lowest BCUT2D eigenvalue weighted by atomic mass is 9.73.